The number of hydrogen-bond acceptors (Lipinski definition) is 9. The number of aliphatic imine (C=N–C) groups is 1. The first kappa shape index (κ1) is 35.4. The Kier molecular flexibility index (Phi) is 14.5. The fraction of sp³-hybridized carbons (Fsp3) is 0.519. The predicted molar refractivity (Wildman–Crippen MR) is 157 cm³/mol. The Morgan fingerprint density at radius 2 is 1.25 bits per heavy atom. The molecule has 5 atom stereocenters. The van der Waals surface area contributed by atoms with Crippen LogP contribution in [0.3, 0.4) is 0 Å². The molecule has 0 aliphatic carbocycles. The molecule has 17 heteroatoms. The SMILES string of the molecule is NCCCC[C@@H]1NC(=O)[C@@H](c2ccccc2)NC(=O)[C@H](CC(=O)O)NC(=O)[C@H](CO)NC(=O)[C@H](CCCN=C(N)N)NC1=O. The van der Waals surface area contributed by atoms with Gasteiger partial charge in [0, 0.05) is 6.54 Å². The van der Waals surface area contributed by atoms with Crippen molar-refractivity contribution >= 4 is 41.5 Å². The Morgan fingerprint density at radius 3 is 1.82 bits per heavy atom. The molecule has 1 aliphatic rings. The second-order valence-electron chi connectivity index (χ2n) is 10.1. The molecule has 5 amide bonds. The summed E-state index contributed by atoms with van der Waals surface area (Å²) >= 11 is 0. The highest BCUT2D eigenvalue weighted by molar-refractivity contribution is 5.99. The third-order valence-electron chi connectivity index (χ3n) is 6.67. The number of carboxylic acid groups (broad SMARTS) is 1. The molecular weight excluding hydrogens is 578 g/mol. The Hall–Kier alpha value is -4.77. The molecule has 0 radical (unpaired) electrons. The van der Waals surface area contributed by atoms with Crippen LogP contribution in [-0.2, 0) is 28.8 Å². The van der Waals surface area contributed by atoms with E-state index >= 15 is 0 Å². The van der Waals surface area contributed by atoms with Crippen molar-refractivity contribution in [2.75, 3.05) is 19.7 Å². The molecule has 0 aromatic heterocycles. The van der Waals surface area contributed by atoms with Gasteiger partial charge in [-0.1, -0.05) is 30.3 Å². The van der Waals surface area contributed by atoms with Crippen LogP contribution in [0.15, 0.2) is 35.3 Å². The van der Waals surface area contributed by atoms with Gasteiger partial charge in [0.15, 0.2) is 5.96 Å². The maximum absolute atomic E-state index is 13.6. The quantitative estimate of drug-likeness (QED) is 0.0620. The first-order chi connectivity index (χ1) is 21.0. The summed E-state index contributed by atoms with van der Waals surface area (Å²) in [4.78, 5) is 82.1. The topological polar surface area (TPSA) is 293 Å². The molecule has 242 valence electrons. The fourth-order valence-electron chi connectivity index (χ4n) is 4.37. The smallest absolute Gasteiger partial charge is 0.305 e. The lowest BCUT2D eigenvalue weighted by atomic mass is 10.0. The standard InChI is InChI=1S/C27H41N9O8/c28-11-5-4-9-16-22(40)32-17(10-6-12-31-27(29)30)23(41)35-19(14-37)25(43)34-18(13-20(38)39)24(42)36-21(26(44)33-16)15-7-2-1-3-8-15/h1-3,7-8,16-19,21,37H,4-6,9-14,28H2,(H,32,40)(H,33,44)(H,34,43)(H,35,41)(H,36,42)(H,38,39)(H4,29,30,31)/t16-,17-,18-,19-,21+/m0/s1. The zero-order valence-electron chi connectivity index (χ0n) is 24.2. The van der Waals surface area contributed by atoms with Gasteiger partial charge in [-0.2, -0.15) is 0 Å². The molecule has 1 aliphatic heterocycles. The number of nitrogens with one attached hydrogen (secondary N) is 5. The third kappa shape index (κ3) is 11.5. The lowest BCUT2D eigenvalue weighted by Crippen LogP contribution is -2.58. The van der Waals surface area contributed by atoms with Crippen LogP contribution in [-0.4, -0.2) is 95.5 Å². The van der Waals surface area contributed by atoms with Crippen LogP contribution in [0.1, 0.15) is 50.1 Å². The number of nitrogens with two attached hydrogens (primary N) is 3. The first-order valence-corrected chi connectivity index (χ1v) is 14.1. The minimum Gasteiger partial charge on any atom is -0.481 e. The highest BCUT2D eigenvalue weighted by Gasteiger charge is 2.35. The van der Waals surface area contributed by atoms with Gasteiger partial charge in [0.25, 0.3) is 0 Å². The van der Waals surface area contributed by atoms with Crippen molar-refractivity contribution in [1.29, 1.82) is 0 Å². The van der Waals surface area contributed by atoms with E-state index in [1.807, 2.05) is 0 Å². The summed E-state index contributed by atoms with van der Waals surface area (Å²) in [5, 5.41) is 31.5. The molecule has 1 aromatic carbocycles. The van der Waals surface area contributed by atoms with E-state index in [9.17, 15) is 39.0 Å². The Labute approximate surface area is 253 Å². The number of aliphatic hydroxyl groups is 1. The Morgan fingerprint density at radius 1 is 0.727 bits per heavy atom. The van der Waals surface area contributed by atoms with Gasteiger partial charge in [0.05, 0.1) is 13.0 Å². The number of nitrogens with zero attached hydrogens (tertiary/aromatic N) is 1. The van der Waals surface area contributed by atoms with Crippen molar-refractivity contribution in [3.05, 3.63) is 35.9 Å². The number of hydrogen-bond donors (Lipinski definition) is 10. The van der Waals surface area contributed by atoms with E-state index in [1.165, 1.54) is 0 Å². The van der Waals surface area contributed by atoms with Gasteiger partial charge in [0.2, 0.25) is 29.5 Å². The second-order valence-corrected chi connectivity index (χ2v) is 10.1. The van der Waals surface area contributed by atoms with E-state index in [2.05, 4.69) is 31.6 Å². The minimum atomic E-state index is -1.69. The third-order valence-corrected chi connectivity index (χ3v) is 6.67. The number of guanidine groups is 1. The molecule has 44 heavy (non-hydrogen) atoms. The molecule has 1 saturated heterocycles. The van der Waals surface area contributed by atoms with E-state index in [4.69, 9.17) is 17.2 Å². The molecular formula is C27H41N9O8. The Bertz CT molecular complexity index is 1190. The number of aliphatic hydroxyl groups excluding tert-OH is 1. The number of unbranched alkanes of at least 4 members (excludes halogenated alkanes) is 1. The van der Waals surface area contributed by atoms with Crippen LogP contribution < -0.4 is 43.8 Å². The van der Waals surface area contributed by atoms with Gasteiger partial charge < -0.3 is 54.0 Å². The normalized spacial score (nSPS) is 23.5. The zero-order valence-corrected chi connectivity index (χ0v) is 24.2. The van der Waals surface area contributed by atoms with E-state index in [0.717, 1.165) is 0 Å². The van der Waals surface area contributed by atoms with Gasteiger partial charge in [-0.15, -0.1) is 0 Å². The molecule has 1 heterocycles. The van der Waals surface area contributed by atoms with Crippen molar-refractivity contribution in [3.8, 4) is 0 Å². The average molecular weight is 620 g/mol. The molecule has 1 aromatic rings. The van der Waals surface area contributed by atoms with E-state index < -0.39 is 78.7 Å². The molecule has 2 rings (SSSR count). The summed E-state index contributed by atoms with van der Waals surface area (Å²) in [6, 6.07) is 0.882. The van der Waals surface area contributed by atoms with Crippen molar-refractivity contribution in [2.24, 2.45) is 22.2 Å². The summed E-state index contributed by atoms with van der Waals surface area (Å²) in [5.74, 6) is -6.08. The number of aliphatic carboxylic acids is 1. The molecule has 0 saturated carbocycles. The van der Waals surface area contributed by atoms with Crippen molar-refractivity contribution < 1.29 is 39.0 Å². The van der Waals surface area contributed by atoms with Crippen LogP contribution >= 0.6 is 0 Å². The summed E-state index contributed by atoms with van der Waals surface area (Å²) in [6.07, 6.45) is 0.459. The monoisotopic (exact) mass is 619 g/mol. The molecule has 1 fully saturated rings. The lowest BCUT2D eigenvalue weighted by molar-refractivity contribution is -0.141. The largest absolute Gasteiger partial charge is 0.481 e. The number of carbonyl (C=O) groups excluding carboxylic acids is 5. The minimum absolute atomic E-state index is 0.00586. The van der Waals surface area contributed by atoms with E-state index in [1.54, 1.807) is 30.3 Å². The number of carboxylic acids is 1. The van der Waals surface area contributed by atoms with Gasteiger partial charge in [-0.3, -0.25) is 33.8 Å². The Balaban J connectivity index is 2.55. The van der Waals surface area contributed by atoms with Crippen molar-refractivity contribution in [2.45, 2.75) is 68.7 Å². The molecule has 13 N–H and O–H groups in total. The predicted octanol–water partition coefficient (Wildman–Crippen LogP) is -3.55. The van der Waals surface area contributed by atoms with E-state index in [0.29, 0.717) is 24.9 Å². The van der Waals surface area contributed by atoms with Crippen LogP contribution in [0.5, 0.6) is 0 Å². The highest BCUT2D eigenvalue weighted by Crippen LogP contribution is 2.15. The van der Waals surface area contributed by atoms with Crippen LogP contribution in [0, 0.1) is 0 Å². The maximum atomic E-state index is 13.6. The van der Waals surface area contributed by atoms with Gasteiger partial charge in [-0.05, 0) is 44.2 Å². The lowest BCUT2D eigenvalue weighted by Gasteiger charge is -2.26. The number of amides is 5. The maximum Gasteiger partial charge on any atom is 0.305 e. The number of carbonyl (C=O) groups is 6. The summed E-state index contributed by atoms with van der Waals surface area (Å²) in [6.45, 7) is -0.469. The van der Waals surface area contributed by atoms with Gasteiger partial charge in [-0.25, -0.2) is 0 Å². The van der Waals surface area contributed by atoms with Gasteiger partial charge >= 0.3 is 5.97 Å². The van der Waals surface area contributed by atoms with Crippen molar-refractivity contribution in [1.82, 2.24) is 26.6 Å². The first-order valence-electron chi connectivity index (χ1n) is 14.1. The van der Waals surface area contributed by atoms with Crippen molar-refractivity contribution in [3.63, 3.8) is 0 Å². The second kappa shape index (κ2) is 18.0. The van der Waals surface area contributed by atoms with E-state index in [-0.39, 0.29) is 31.8 Å². The molecule has 17 nitrogen and oxygen atoms in total. The van der Waals surface area contributed by atoms with Gasteiger partial charge in [0.1, 0.15) is 30.2 Å². The average Bonchev–Trinajstić information content (AvgIpc) is 2.98. The number of benzene rings is 1. The zero-order chi connectivity index (χ0) is 32.6. The van der Waals surface area contributed by atoms with Crippen LogP contribution in [0.25, 0.3) is 0 Å². The fourth-order valence-corrected chi connectivity index (χ4v) is 4.37. The summed E-state index contributed by atoms with van der Waals surface area (Å²) in [7, 11) is 0. The molecule has 0 bridgehead atoms. The van der Waals surface area contributed by atoms with Crippen LogP contribution in [0.2, 0.25) is 0 Å². The summed E-state index contributed by atoms with van der Waals surface area (Å²) in [5.41, 5.74) is 16.6. The molecule has 0 spiro atoms. The highest BCUT2D eigenvalue weighted by atomic mass is 16.4. The number of rotatable bonds is 12. The van der Waals surface area contributed by atoms with Crippen LogP contribution in [0.4, 0.5) is 0 Å². The summed E-state index contributed by atoms with van der Waals surface area (Å²) < 4.78 is 0. The molecule has 0 unspecified atom stereocenters.